The number of thiophene rings is 1. The van der Waals surface area contributed by atoms with E-state index in [1.807, 2.05) is 12.1 Å². The lowest BCUT2D eigenvalue weighted by Gasteiger charge is -2.18. The van der Waals surface area contributed by atoms with Gasteiger partial charge in [0.2, 0.25) is 0 Å². The second kappa shape index (κ2) is 6.52. The van der Waals surface area contributed by atoms with E-state index < -0.39 is 9.84 Å². The van der Waals surface area contributed by atoms with Crippen molar-refractivity contribution >= 4 is 21.2 Å². The molecule has 1 atom stereocenters. The Labute approximate surface area is 124 Å². The summed E-state index contributed by atoms with van der Waals surface area (Å²) in [4.78, 5) is 0.378. The van der Waals surface area contributed by atoms with Crippen LogP contribution in [0, 0.1) is 0 Å². The first-order valence-corrected chi connectivity index (χ1v) is 9.38. The van der Waals surface area contributed by atoms with Crippen LogP contribution in [0.3, 0.4) is 0 Å². The van der Waals surface area contributed by atoms with E-state index >= 15 is 0 Å². The average Bonchev–Trinajstić information content (AvgIpc) is 2.90. The van der Waals surface area contributed by atoms with Crippen LogP contribution in [-0.4, -0.2) is 21.2 Å². The molecule has 0 aliphatic heterocycles. The molecule has 108 valence electrons. The fourth-order valence-corrected chi connectivity index (χ4v) is 3.52. The monoisotopic (exact) mass is 309 g/mol. The minimum atomic E-state index is -3.16. The summed E-state index contributed by atoms with van der Waals surface area (Å²) in [6, 6.07) is 9.45. The van der Waals surface area contributed by atoms with Gasteiger partial charge in [-0.2, -0.15) is 11.3 Å². The zero-order valence-electron chi connectivity index (χ0n) is 11.7. The van der Waals surface area contributed by atoms with Crippen LogP contribution in [0.25, 0.3) is 0 Å². The molecular weight excluding hydrogens is 290 g/mol. The van der Waals surface area contributed by atoms with Gasteiger partial charge in [0.05, 0.1) is 4.90 Å². The van der Waals surface area contributed by atoms with Crippen molar-refractivity contribution in [3.63, 3.8) is 0 Å². The van der Waals surface area contributed by atoms with Gasteiger partial charge in [0.15, 0.2) is 9.84 Å². The van der Waals surface area contributed by atoms with Crippen LogP contribution in [0.15, 0.2) is 46.0 Å². The molecule has 1 aromatic carbocycles. The molecule has 0 aliphatic carbocycles. The molecule has 0 amide bonds. The first-order valence-electron chi connectivity index (χ1n) is 6.55. The Morgan fingerprint density at radius 1 is 1.30 bits per heavy atom. The van der Waals surface area contributed by atoms with E-state index in [9.17, 15) is 8.42 Å². The van der Waals surface area contributed by atoms with Gasteiger partial charge >= 0.3 is 0 Å². The van der Waals surface area contributed by atoms with Gasteiger partial charge in [0, 0.05) is 12.3 Å². The molecule has 0 saturated carbocycles. The fraction of sp³-hybridized carbons (Fsp3) is 0.333. The highest BCUT2D eigenvalue weighted by Crippen LogP contribution is 2.22. The summed E-state index contributed by atoms with van der Waals surface area (Å²) in [6.45, 7) is 2.90. The molecule has 1 heterocycles. The molecule has 1 N–H and O–H groups in total. The molecule has 1 unspecified atom stereocenters. The maximum Gasteiger partial charge on any atom is 0.175 e. The van der Waals surface area contributed by atoms with E-state index in [0.29, 0.717) is 4.90 Å². The number of hydrogen-bond donors (Lipinski definition) is 1. The van der Waals surface area contributed by atoms with Crippen LogP contribution in [0.4, 0.5) is 0 Å². The molecule has 5 heteroatoms. The third-order valence-electron chi connectivity index (χ3n) is 3.16. The highest BCUT2D eigenvalue weighted by atomic mass is 32.2. The topological polar surface area (TPSA) is 46.2 Å². The van der Waals surface area contributed by atoms with Crippen LogP contribution >= 0.6 is 11.3 Å². The van der Waals surface area contributed by atoms with E-state index in [4.69, 9.17) is 0 Å². The van der Waals surface area contributed by atoms with Crippen molar-refractivity contribution < 1.29 is 8.42 Å². The second-order valence-corrected chi connectivity index (χ2v) is 7.59. The average molecular weight is 309 g/mol. The standard InChI is InChI=1S/C15H19NO2S2/c1-3-16-15(9-12-7-8-19-11-12)13-5-4-6-14(10-13)20(2,17)18/h4-8,10-11,15-16H,3,9H2,1-2H3. The molecule has 0 bridgehead atoms. The first kappa shape index (κ1) is 15.2. The zero-order valence-corrected chi connectivity index (χ0v) is 13.3. The molecule has 1 aromatic heterocycles. The SMILES string of the molecule is CCNC(Cc1ccsc1)c1cccc(S(C)(=O)=O)c1. The molecule has 3 nitrogen and oxygen atoms in total. The van der Waals surface area contributed by atoms with Gasteiger partial charge < -0.3 is 5.32 Å². The smallest absolute Gasteiger partial charge is 0.175 e. The number of likely N-dealkylation sites (N-methyl/N-ethyl adjacent to an activating group) is 1. The third kappa shape index (κ3) is 3.91. The molecule has 0 radical (unpaired) electrons. The van der Waals surface area contributed by atoms with Crippen molar-refractivity contribution in [1.82, 2.24) is 5.32 Å². The molecule has 20 heavy (non-hydrogen) atoms. The Kier molecular flexibility index (Phi) is 4.96. The minimum Gasteiger partial charge on any atom is -0.310 e. The quantitative estimate of drug-likeness (QED) is 0.892. The van der Waals surface area contributed by atoms with Crippen LogP contribution in [-0.2, 0) is 16.3 Å². The largest absolute Gasteiger partial charge is 0.310 e. The van der Waals surface area contributed by atoms with Crippen molar-refractivity contribution in [3.05, 3.63) is 52.2 Å². The van der Waals surface area contributed by atoms with Gasteiger partial charge in [-0.1, -0.05) is 19.1 Å². The number of nitrogens with one attached hydrogen (secondary N) is 1. The Morgan fingerprint density at radius 3 is 2.70 bits per heavy atom. The number of benzene rings is 1. The summed E-state index contributed by atoms with van der Waals surface area (Å²) in [5.41, 5.74) is 2.28. The van der Waals surface area contributed by atoms with Crippen LogP contribution in [0.5, 0.6) is 0 Å². The Bertz CT molecular complexity index is 648. The minimum absolute atomic E-state index is 0.135. The molecule has 0 saturated heterocycles. The van der Waals surface area contributed by atoms with E-state index in [-0.39, 0.29) is 6.04 Å². The predicted molar refractivity (Wildman–Crippen MR) is 84.0 cm³/mol. The van der Waals surface area contributed by atoms with Gasteiger partial charge in [-0.15, -0.1) is 0 Å². The Balaban J connectivity index is 2.29. The van der Waals surface area contributed by atoms with Crippen molar-refractivity contribution in [2.45, 2.75) is 24.3 Å². The fourth-order valence-electron chi connectivity index (χ4n) is 2.16. The normalized spacial score (nSPS) is 13.3. The molecule has 0 spiro atoms. The molecule has 0 fully saturated rings. The lowest BCUT2D eigenvalue weighted by atomic mass is 10.0. The van der Waals surface area contributed by atoms with E-state index in [2.05, 4.69) is 29.1 Å². The number of hydrogen-bond acceptors (Lipinski definition) is 4. The predicted octanol–water partition coefficient (Wildman–Crippen LogP) is 3.04. The summed E-state index contributed by atoms with van der Waals surface area (Å²) < 4.78 is 23.3. The summed E-state index contributed by atoms with van der Waals surface area (Å²) in [7, 11) is -3.16. The van der Waals surface area contributed by atoms with Crippen molar-refractivity contribution in [3.8, 4) is 0 Å². The van der Waals surface area contributed by atoms with Crippen LogP contribution in [0.1, 0.15) is 24.1 Å². The Morgan fingerprint density at radius 2 is 2.10 bits per heavy atom. The molecule has 0 aliphatic rings. The van der Waals surface area contributed by atoms with Gasteiger partial charge in [0.25, 0.3) is 0 Å². The number of sulfone groups is 1. The number of rotatable bonds is 6. The highest BCUT2D eigenvalue weighted by Gasteiger charge is 2.14. The summed E-state index contributed by atoms with van der Waals surface area (Å²) >= 11 is 1.68. The van der Waals surface area contributed by atoms with E-state index in [1.165, 1.54) is 11.8 Å². The van der Waals surface area contributed by atoms with Gasteiger partial charge in [-0.3, -0.25) is 0 Å². The first-order chi connectivity index (χ1) is 9.50. The second-order valence-electron chi connectivity index (χ2n) is 4.79. The van der Waals surface area contributed by atoms with Gasteiger partial charge in [-0.25, -0.2) is 8.42 Å². The van der Waals surface area contributed by atoms with Crippen LogP contribution in [0.2, 0.25) is 0 Å². The lowest BCUT2D eigenvalue weighted by molar-refractivity contribution is 0.549. The summed E-state index contributed by atoms with van der Waals surface area (Å²) in [5.74, 6) is 0. The molecular formula is C15H19NO2S2. The lowest BCUT2D eigenvalue weighted by Crippen LogP contribution is -2.23. The molecule has 2 aromatic rings. The molecule has 2 rings (SSSR count). The van der Waals surface area contributed by atoms with E-state index in [0.717, 1.165) is 18.5 Å². The van der Waals surface area contributed by atoms with E-state index in [1.54, 1.807) is 23.5 Å². The third-order valence-corrected chi connectivity index (χ3v) is 5.00. The maximum atomic E-state index is 11.7. The van der Waals surface area contributed by atoms with Gasteiger partial charge in [-0.05, 0) is 53.1 Å². The zero-order chi connectivity index (χ0) is 14.6. The summed E-state index contributed by atoms with van der Waals surface area (Å²) in [6.07, 6.45) is 2.11. The summed E-state index contributed by atoms with van der Waals surface area (Å²) in [5, 5.41) is 7.62. The van der Waals surface area contributed by atoms with Gasteiger partial charge in [0.1, 0.15) is 0 Å². The highest BCUT2D eigenvalue weighted by molar-refractivity contribution is 7.90. The Hall–Kier alpha value is -1.17. The maximum absolute atomic E-state index is 11.7. The van der Waals surface area contributed by atoms with Crippen molar-refractivity contribution in [1.29, 1.82) is 0 Å². The van der Waals surface area contributed by atoms with Crippen molar-refractivity contribution in [2.24, 2.45) is 0 Å². The van der Waals surface area contributed by atoms with Crippen molar-refractivity contribution in [2.75, 3.05) is 12.8 Å². The van der Waals surface area contributed by atoms with Crippen LogP contribution < -0.4 is 5.32 Å².